The molecule has 1 heterocycles. The molecule has 2 rings (SSSR count). The maximum atomic E-state index is 11.7. The van der Waals surface area contributed by atoms with E-state index in [0.717, 1.165) is 15.7 Å². The Bertz CT molecular complexity index is 480. The summed E-state index contributed by atoms with van der Waals surface area (Å²) >= 11 is 3.38. The fourth-order valence-electron chi connectivity index (χ4n) is 1.41. The normalized spacial score (nSPS) is 10.1. The van der Waals surface area contributed by atoms with Crippen molar-refractivity contribution in [3.63, 3.8) is 0 Å². The molecule has 0 aliphatic carbocycles. The minimum absolute atomic E-state index is 0.0218. The van der Waals surface area contributed by atoms with Gasteiger partial charge in [0.2, 0.25) is 5.91 Å². The number of halogens is 1. The number of aromatic amines is 1. The van der Waals surface area contributed by atoms with Gasteiger partial charge in [-0.2, -0.15) is 0 Å². The van der Waals surface area contributed by atoms with Crippen LogP contribution in [0.3, 0.4) is 0 Å². The summed E-state index contributed by atoms with van der Waals surface area (Å²) in [6.45, 7) is 0. The number of anilines is 1. The van der Waals surface area contributed by atoms with Crippen LogP contribution in [0.15, 0.2) is 47.2 Å². The summed E-state index contributed by atoms with van der Waals surface area (Å²) in [5, 5.41) is 2.85. The average molecular weight is 279 g/mol. The van der Waals surface area contributed by atoms with E-state index in [4.69, 9.17) is 0 Å². The number of rotatable bonds is 3. The van der Waals surface area contributed by atoms with Gasteiger partial charge in [-0.05, 0) is 39.7 Å². The lowest BCUT2D eigenvalue weighted by Crippen LogP contribution is -2.14. The third kappa shape index (κ3) is 2.73. The van der Waals surface area contributed by atoms with E-state index in [1.165, 1.54) is 0 Å². The van der Waals surface area contributed by atoms with E-state index < -0.39 is 0 Å². The molecule has 0 radical (unpaired) electrons. The van der Waals surface area contributed by atoms with Gasteiger partial charge in [0.25, 0.3) is 0 Å². The molecule has 0 saturated carbocycles. The third-order valence-corrected chi connectivity index (χ3v) is 2.87. The van der Waals surface area contributed by atoms with Crippen LogP contribution in [0.1, 0.15) is 5.56 Å². The Kier molecular flexibility index (Phi) is 3.41. The van der Waals surface area contributed by atoms with Crippen molar-refractivity contribution in [3.8, 4) is 0 Å². The van der Waals surface area contributed by atoms with Crippen molar-refractivity contribution in [1.29, 1.82) is 0 Å². The molecule has 0 aliphatic heterocycles. The summed E-state index contributed by atoms with van der Waals surface area (Å²) < 4.78 is 0.886. The van der Waals surface area contributed by atoms with Crippen molar-refractivity contribution >= 4 is 27.5 Å². The van der Waals surface area contributed by atoms with Gasteiger partial charge in [0, 0.05) is 16.9 Å². The molecule has 1 amide bonds. The van der Waals surface area contributed by atoms with Crippen LogP contribution < -0.4 is 5.32 Å². The fourth-order valence-corrected chi connectivity index (χ4v) is 1.79. The number of hydrogen-bond acceptors (Lipinski definition) is 1. The fraction of sp³-hybridized carbons (Fsp3) is 0.0833. The van der Waals surface area contributed by atoms with Crippen molar-refractivity contribution in [2.75, 3.05) is 5.32 Å². The Morgan fingerprint density at radius 3 is 2.81 bits per heavy atom. The number of benzene rings is 1. The number of carbonyl (C=O) groups is 1. The summed E-state index contributed by atoms with van der Waals surface area (Å²) in [6.07, 6.45) is 4.01. The number of nitrogens with one attached hydrogen (secondary N) is 2. The van der Waals surface area contributed by atoms with Crippen LogP contribution in [0.25, 0.3) is 0 Å². The van der Waals surface area contributed by atoms with Gasteiger partial charge < -0.3 is 10.3 Å². The molecule has 0 aliphatic rings. The molecule has 0 fully saturated rings. The van der Waals surface area contributed by atoms with Crippen LogP contribution in [0.2, 0.25) is 0 Å². The molecule has 0 atom stereocenters. The number of para-hydroxylation sites is 1. The summed E-state index contributed by atoms with van der Waals surface area (Å²) in [5.74, 6) is -0.0218. The molecule has 82 valence electrons. The Hall–Kier alpha value is -1.55. The minimum Gasteiger partial charge on any atom is -0.367 e. The monoisotopic (exact) mass is 278 g/mol. The molecule has 2 N–H and O–H groups in total. The van der Waals surface area contributed by atoms with Crippen molar-refractivity contribution in [2.45, 2.75) is 6.42 Å². The van der Waals surface area contributed by atoms with Crippen LogP contribution in [0, 0.1) is 0 Å². The number of carbonyl (C=O) groups excluding carboxylic acids is 1. The van der Waals surface area contributed by atoms with E-state index in [1.807, 2.05) is 36.5 Å². The number of amides is 1. The lowest BCUT2D eigenvalue weighted by molar-refractivity contribution is -0.115. The van der Waals surface area contributed by atoms with Gasteiger partial charge in [0.05, 0.1) is 12.1 Å². The van der Waals surface area contributed by atoms with Crippen LogP contribution in [0.4, 0.5) is 5.69 Å². The molecule has 3 nitrogen and oxygen atoms in total. The van der Waals surface area contributed by atoms with Crippen molar-refractivity contribution in [2.24, 2.45) is 0 Å². The first-order chi connectivity index (χ1) is 7.75. The first kappa shape index (κ1) is 11.0. The quantitative estimate of drug-likeness (QED) is 0.891. The number of aromatic nitrogens is 1. The molecular formula is C12H11BrN2O. The van der Waals surface area contributed by atoms with E-state index in [1.54, 1.807) is 6.20 Å². The zero-order chi connectivity index (χ0) is 11.4. The molecule has 1 aromatic carbocycles. The SMILES string of the molecule is O=C(Cc1cc[nH]c1)Nc1ccccc1Br. The van der Waals surface area contributed by atoms with Gasteiger partial charge in [-0.15, -0.1) is 0 Å². The lowest BCUT2D eigenvalue weighted by Gasteiger charge is -2.06. The molecule has 4 heteroatoms. The first-order valence-electron chi connectivity index (χ1n) is 4.92. The smallest absolute Gasteiger partial charge is 0.228 e. The van der Waals surface area contributed by atoms with Crippen molar-refractivity contribution < 1.29 is 4.79 Å². The minimum atomic E-state index is -0.0218. The highest BCUT2D eigenvalue weighted by Crippen LogP contribution is 2.21. The second-order valence-electron chi connectivity index (χ2n) is 3.42. The topological polar surface area (TPSA) is 44.9 Å². The van der Waals surface area contributed by atoms with Crippen LogP contribution in [-0.2, 0) is 11.2 Å². The lowest BCUT2D eigenvalue weighted by atomic mass is 10.2. The van der Waals surface area contributed by atoms with Crippen LogP contribution in [-0.4, -0.2) is 10.9 Å². The van der Waals surface area contributed by atoms with Crippen LogP contribution in [0.5, 0.6) is 0 Å². The third-order valence-electron chi connectivity index (χ3n) is 2.17. The van der Waals surface area contributed by atoms with Crippen molar-refractivity contribution in [1.82, 2.24) is 4.98 Å². The maximum Gasteiger partial charge on any atom is 0.228 e. The standard InChI is InChI=1S/C12H11BrN2O/c13-10-3-1-2-4-11(10)15-12(16)7-9-5-6-14-8-9/h1-6,8,14H,7H2,(H,15,16). The predicted molar refractivity (Wildman–Crippen MR) is 67.3 cm³/mol. The summed E-state index contributed by atoms with van der Waals surface area (Å²) in [7, 11) is 0. The number of H-pyrrole nitrogens is 1. The first-order valence-corrected chi connectivity index (χ1v) is 5.71. The highest BCUT2D eigenvalue weighted by Gasteiger charge is 2.05. The Balaban J connectivity index is 2.00. The summed E-state index contributed by atoms with van der Waals surface area (Å²) in [6, 6.07) is 9.44. The second kappa shape index (κ2) is 4.99. The number of hydrogen-bond donors (Lipinski definition) is 2. The van der Waals surface area contributed by atoms with E-state index in [-0.39, 0.29) is 5.91 Å². The molecule has 0 spiro atoms. The summed E-state index contributed by atoms with van der Waals surface area (Å²) in [4.78, 5) is 14.6. The van der Waals surface area contributed by atoms with Gasteiger partial charge >= 0.3 is 0 Å². The molecule has 16 heavy (non-hydrogen) atoms. The molecule has 0 unspecified atom stereocenters. The molecular weight excluding hydrogens is 268 g/mol. The molecule has 0 bridgehead atoms. The van der Waals surface area contributed by atoms with E-state index in [9.17, 15) is 4.79 Å². The highest BCUT2D eigenvalue weighted by molar-refractivity contribution is 9.10. The zero-order valence-electron chi connectivity index (χ0n) is 8.53. The average Bonchev–Trinajstić information content (AvgIpc) is 2.74. The van der Waals surface area contributed by atoms with E-state index >= 15 is 0 Å². The molecule has 2 aromatic rings. The van der Waals surface area contributed by atoms with Gasteiger partial charge in [0.15, 0.2) is 0 Å². The Labute approximate surface area is 102 Å². The van der Waals surface area contributed by atoms with E-state index in [0.29, 0.717) is 6.42 Å². The molecule has 0 saturated heterocycles. The van der Waals surface area contributed by atoms with Crippen LogP contribution >= 0.6 is 15.9 Å². The van der Waals surface area contributed by atoms with Gasteiger partial charge in [-0.1, -0.05) is 12.1 Å². The Morgan fingerprint density at radius 1 is 1.31 bits per heavy atom. The predicted octanol–water partition coefficient (Wildman–Crippen LogP) is 2.96. The van der Waals surface area contributed by atoms with E-state index in [2.05, 4.69) is 26.2 Å². The zero-order valence-corrected chi connectivity index (χ0v) is 10.1. The largest absolute Gasteiger partial charge is 0.367 e. The Morgan fingerprint density at radius 2 is 2.12 bits per heavy atom. The molecule has 1 aromatic heterocycles. The highest BCUT2D eigenvalue weighted by atomic mass is 79.9. The summed E-state index contributed by atoms with van der Waals surface area (Å²) in [5.41, 5.74) is 1.77. The second-order valence-corrected chi connectivity index (χ2v) is 4.28. The van der Waals surface area contributed by atoms with Gasteiger partial charge in [0.1, 0.15) is 0 Å². The van der Waals surface area contributed by atoms with Gasteiger partial charge in [-0.25, -0.2) is 0 Å². The van der Waals surface area contributed by atoms with Crippen molar-refractivity contribution in [3.05, 3.63) is 52.8 Å². The maximum absolute atomic E-state index is 11.7. The van der Waals surface area contributed by atoms with Gasteiger partial charge in [-0.3, -0.25) is 4.79 Å².